The summed E-state index contributed by atoms with van der Waals surface area (Å²) in [6.45, 7) is 8.27. The summed E-state index contributed by atoms with van der Waals surface area (Å²) < 4.78 is 0. The second kappa shape index (κ2) is 5.83. The van der Waals surface area contributed by atoms with E-state index in [9.17, 15) is 5.11 Å². The minimum atomic E-state index is -0.525. The molecule has 15 heavy (non-hydrogen) atoms. The van der Waals surface area contributed by atoms with E-state index in [1.54, 1.807) is 0 Å². The van der Waals surface area contributed by atoms with Crippen LogP contribution in [-0.2, 0) is 0 Å². The highest BCUT2D eigenvalue weighted by atomic mass is 16.3. The molecule has 90 valence electrons. The van der Waals surface area contributed by atoms with E-state index in [4.69, 9.17) is 0 Å². The molecule has 0 amide bonds. The van der Waals surface area contributed by atoms with E-state index in [2.05, 4.69) is 17.3 Å². The summed E-state index contributed by atoms with van der Waals surface area (Å²) in [6.07, 6.45) is 3.45. The van der Waals surface area contributed by atoms with Crippen molar-refractivity contribution in [1.29, 1.82) is 0 Å². The lowest BCUT2D eigenvalue weighted by atomic mass is 9.97. The molecule has 3 heteroatoms. The number of piperidine rings is 1. The van der Waals surface area contributed by atoms with Crippen molar-refractivity contribution >= 4 is 0 Å². The van der Waals surface area contributed by atoms with Crippen molar-refractivity contribution in [3.63, 3.8) is 0 Å². The van der Waals surface area contributed by atoms with Crippen LogP contribution >= 0.6 is 0 Å². The smallest absolute Gasteiger partial charge is 0.0603 e. The molecule has 0 aromatic rings. The average Bonchev–Trinajstić information content (AvgIpc) is 2.15. The number of rotatable bonds is 5. The maximum Gasteiger partial charge on any atom is 0.0603 e. The van der Waals surface area contributed by atoms with Gasteiger partial charge >= 0.3 is 0 Å². The molecule has 1 aliphatic heterocycles. The van der Waals surface area contributed by atoms with Crippen LogP contribution in [-0.4, -0.2) is 48.8 Å². The van der Waals surface area contributed by atoms with Gasteiger partial charge < -0.3 is 15.3 Å². The van der Waals surface area contributed by atoms with Gasteiger partial charge in [0.05, 0.1) is 5.60 Å². The van der Waals surface area contributed by atoms with Crippen LogP contribution in [0.4, 0.5) is 0 Å². The van der Waals surface area contributed by atoms with Gasteiger partial charge in [0.1, 0.15) is 0 Å². The Balaban J connectivity index is 2.14. The highest BCUT2D eigenvalue weighted by molar-refractivity contribution is 4.73. The SMILES string of the molecule is CN(CCC(C)(C)O)CC1CCNCC1. The van der Waals surface area contributed by atoms with Crippen LogP contribution in [0.5, 0.6) is 0 Å². The van der Waals surface area contributed by atoms with Gasteiger partial charge in [-0.25, -0.2) is 0 Å². The zero-order chi connectivity index (χ0) is 11.3. The zero-order valence-corrected chi connectivity index (χ0v) is 10.4. The van der Waals surface area contributed by atoms with Gasteiger partial charge in [0.25, 0.3) is 0 Å². The summed E-state index contributed by atoms with van der Waals surface area (Å²) in [5, 5.41) is 13.0. The summed E-state index contributed by atoms with van der Waals surface area (Å²) >= 11 is 0. The number of hydrogen-bond acceptors (Lipinski definition) is 3. The van der Waals surface area contributed by atoms with Crippen LogP contribution in [0.1, 0.15) is 33.1 Å². The molecule has 2 N–H and O–H groups in total. The average molecular weight is 214 g/mol. The third kappa shape index (κ3) is 6.13. The van der Waals surface area contributed by atoms with Gasteiger partial charge in [0, 0.05) is 13.1 Å². The summed E-state index contributed by atoms with van der Waals surface area (Å²) in [4.78, 5) is 2.36. The third-order valence-corrected chi connectivity index (χ3v) is 3.13. The summed E-state index contributed by atoms with van der Waals surface area (Å²) in [7, 11) is 2.16. The molecule has 0 unspecified atom stereocenters. The van der Waals surface area contributed by atoms with Gasteiger partial charge in [0.15, 0.2) is 0 Å². The van der Waals surface area contributed by atoms with Crippen molar-refractivity contribution in [3.8, 4) is 0 Å². The summed E-state index contributed by atoms with van der Waals surface area (Å²) in [5.74, 6) is 0.845. The lowest BCUT2D eigenvalue weighted by Crippen LogP contribution is -2.36. The van der Waals surface area contributed by atoms with Crippen LogP contribution in [0.2, 0.25) is 0 Å². The van der Waals surface area contributed by atoms with Gasteiger partial charge in [-0.15, -0.1) is 0 Å². The number of nitrogens with one attached hydrogen (secondary N) is 1. The highest BCUT2D eigenvalue weighted by Gasteiger charge is 2.17. The van der Waals surface area contributed by atoms with Crippen molar-refractivity contribution in [3.05, 3.63) is 0 Å². The quantitative estimate of drug-likeness (QED) is 0.719. The molecule has 0 radical (unpaired) electrons. The van der Waals surface area contributed by atoms with Crippen molar-refractivity contribution in [2.24, 2.45) is 5.92 Å². The molecule has 1 aliphatic rings. The Labute approximate surface area is 93.9 Å². The molecule has 1 heterocycles. The fourth-order valence-corrected chi connectivity index (χ4v) is 2.06. The Kier molecular flexibility index (Phi) is 5.03. The second-order valence-electron chi connectivity index (χ2n) is 5.52. The van der Waals surface area contributed by atoms with E-state index in [0.717, 1.165) is 18.9 Å². The molecule has 3 nitrogen and oxygen atoms in total. The standard InChI is InChI=1S/C12H26N2O/c1-12(2,15)6-9-14(3)10-11-4-7-13-8-5-11/h11,13,15H,4-10H2,1-3H3. The number of nitrogens with zero attached hydrogens (tertiary/aromatic N) is 1. The molecular weight excluding hydrogens is 188 g/mol. The molecule has 0 aromatic carbocycles. The maximum atomic E-state index is 9.64. The Morgan fingerprint density at radius 3 is 2.47 bits per heavy atom. The van der Waals surface area contributed by atoms with Crippen molar-refractivity contribution < 1.29 is 5.11 Å². The number of aliphatic hydroxyl groups is 1. The molecule has 0 bridgehead atoms. The van der Waals surface area contributed by atoms with Crippen LogP contribution in [0.15, 0.2) is 0 Å². The molecule has 0 spiro atoms. The Morgan fingerprint density at radius 2 is 1.93 bits per heavy atom. The first-order chi connectivity index (χ1) is 6.97. The zero-order valence-electron chi connectivity index (χ0n) is 10.4. The van der Waals surface area contributed by atoms with Crippen LogP contribution in [0.25, 0.3) is 0 Å². The molecule has 0 aliphatic carbocycles. The largest absolute Gasteiger partial charge is 0.390 e. The van der Waals surface area contributed by atoms with Gasteiger partial charge in [-0.1, -0.05) is 0 Å². The van der Waals surface area contributed by atoms with Crippen LogP contribution < -0.4 is 5.32 Å². The first-order valence-corrected chi connectivity index (χ1v) is 6.09. The predicted molar refractivity (Wildman–Crippen MR) is 64.0 cm³/mol. The molecule has 0 saturated carbocycles. The van der Waals surface area contributed by atoms with Gasteiger partial charge in [0.2, 0.25) is 0 Å². The fourth-order valence-electron chi connectivity index (χ4n) is 2.06. The second-order valence-corrected chi connectivity index (χ2v) is 5.52. The Bertz CT molecular complexity index is 171. The Hall–Kier alpha value is -0.120. The molecule has 0 atom stereocenters. The molecule has 1 fully saturated rings. The monoisotopic (exact) mass is 214 g/mol. The third-order valence-electron chi connectivity index (χ3n) is 3.13. The fraction of sp³-hybridized carbons (Fsp3) is 1.00. The van der Waals surface area contributed by atoms with E-state index in [-0.39, 0.29) is 0 Å². The normalized spacial score (nSPS) is 19.8. The first kappa shape index (κ1) is 12.9. The predicted octanol–water partition coefficient (Wildman–Crippen LogP) is 1.08. The van der Waals surface area contributed by atoms with Crippen LogP contribution in [0, 0.1) is 5.92 Å². The van der Waals surface area contributed by atoms with Gasteiger partial charge in [-0.3, -0.25) is 0 Å². The van der Waals surface area contributed by atoms with Gasteiger partial charge in [-0.05, 0) is 59.2 Å². The van der Waals surface area contributed by atoms with Crippen molar-refractivity contribution in [2.75, 3.05) is 33.2 Å². The van der Waals surface area contributed by atoms with Crippen molar-refractivity contribution in [1.82, 2.24) is 10.2 Å². The summed E-state index contributed by atoms with van der Waals surface area (Å²) in [5.41, 5.74) is -0.525. The van der Waals surface area contributed by atoms with E-state index >= 15 is 0 Å². The molecule has 1 saturated heterocycles. The first-order valence-electron chi connectivity index (χ1n) is 6.09. The number of hydrogen-bond donors (Lipinski definition) is 2. The topological polar surface area (TPSA) is 35.5 Å². The minimum Gasteiger partial charge on any atom is -0.390 e. The van der Waals surface area contributed by atoms with Crippen LogP contribution in [0.3, 0.4) is 0 Å². The van der Waals surface area contributed by atoms with Gasteiger partial charge in [-0.2, -0.15) is 0 Å². The van der Waals surface area contributed by atoms with Crippen molar-refractivity contribution in [2.45, 2.75) is 38.7 Å². The Morgan fingerprint density at radius 1 is 1.33 bits per heavy atom. The minimum absolute atomic E-state index is 0.525. The maximum absolute atomic E-state index is 9.64. The lowest BCUT2D eigenvalue weighted by molar-refractivity contribution is 0.0583. The van der Waals surface area contributed by atoms with E-state index < -0.39 is 5.60 Å². The molecular formula is C12H26N2O. The lowest BCUT2D eigenvalue weighted by Gasteiger charge is -2.29. The van der Waals surface area contributed by atoms with E-state index in [1.807, 2.05) is 13.8 Å². The molecule has 0 aromatic heterocycles. The van der Waals surface area contributed by atoms with E-state index in [1.165, 1.54) is 32.5 Å². The summed E-state index contributed by atoms with van der Waals surface area (Å²) in [6, 6.07) is 0. The molecule has 1 rings (SSSR count). The highest BCUT2D eigenvalue weighted by Crippen LogP contribution is 2.14. The van der Waals surface area contributed by atoms with E-state index in [0.29, 0.717) is 0 Å².